The van der Waals surface area contributed by atoms with E-state index in [1.54, 1.807) is 5.56 Å². The summed E-state index contributed by atoms with van der Waals surface area (Å²) in [5.41, 5.74) is 3.08. The van der Waals surface area contributed by atoms with Crippen LogP contribution >= 0.6 is 0 Å². The summed E-state index contributed by atoms with van der Waals surface area (Å²) < 4.78 is 0. The van der Waals surface area contributed by atoms with Crippen molar-refractivity contribution in [3.63, 3.8) is 0 Å². The Balaban J connectivity index is 1.98. The molecule has 1 fully saturated rings. The Kier molecular flexibility index (Phi) is 2.03. The van der Waals surface area contributed by atoms with Gasteiger partial charge in [0.05, 0.1) is 6.17 Å². The van der Waals surface area contributed by atoms with Crippen molar-refractivity contribution in [2.24, 2.45) is 5.92 Å². The van der Waals surface area contributed by atoms with E-state index in [4.69, 9.17) is 0 Å². The molecule has 0 aliphatic carbocycles. The van der Waals surface area contributed by atoms with Gasteiger partial charge in [0.25, 0.3) is 0 Å². The van der Waals surface area contributed by atoms with Crippen LogP contribution in [0.1, 0.15) is 11.1 Å². The lowest BCUT2D eigenvalue weighted by Gasteiger charge is -2.35. The molecule has 0 aromatic heterocycles. The Morgan fingerprint density at radius 2 is 1.57 bits per heavy atom. The first-order valence-corrected chi connectivity index (χ1v) is 5.45. The molecule has 0 atom stereocenters. The molecule has 2 bridgehead atoms. The molecule has 4 rings (SSSR count). The van der Waals surface area contributed by atoms with Crippen molar-refractivity contribution >= 4 is 0 Å². The first kappa shape index (κ1) is 8.45. The highest BCUT2D eigenvalue weighted by atomic mass is 15.1. The van der Waals surface area contributed by atoms with Gasteiger partial charge in [-0.15, -0.1) is 0 Å². The van der Waals surface area contributed by atoms with Gasteiger partial charge in [-0.2, -0.15) is 0 Å². The van der Waals surface area contributed by atoms with E-state index < -0.39 is 0 Å². The zero-order valence-corrected chi connectivity index (χ0v) is 8.29. The summed E-state index contributed by atoms with van der Waals surface area (Å²) in [6.45, 7) is 2.35. The first-order chi connectivity index (χ1) is 6.92. The van der Waals surface area contributed by atoms with Crippen molar-refractivity contribution in [1.82, 2.24) is 10.6 Å². The van der Waals surface area contributed by atoms with Crippen molar-refractivity contribution in [2.75, 3.05) is 13.1 Å². The Hall–Kier alpha value is -0.860. The molecule has 2 heteroatoms. The van der Waals surface area contributed by atoms with Gasteiger partial charge >= 0.3 is 0 Å². The summed E-state index contributed by atoms with van der Waals surface area (Å²) in [4.78, 5) is 0. The molecule has 1 aromatic carbocycles. The van der Waals surface area contributed by atoms with Gasteiger partial charge in [-0.25, -0.2) is 0 Å². The SMILES string of the molecule is c1ccc2c(c1)CC1CNC(C2)NC1. The number of benzene rings is 1. The molecule has 14 heavy (non-hydrogen) atoms. The van der Waals surface area contributed by atoms with Crippen molar-refractivity contribution in [2.45, 2.75) is 19.0 Å². The predicted molar refractivity (Wildman–Crippen MR) is 57.1 cm³/mol. The third-order valence-electron chi connectivity index (χ3n) is 3.36. The number of nitrogens with one attached hydrogen (secondary N) is 2. The summed E-state index contributed by atoms with van der Waals surface area (Å²) in [6, 6.07) is 8.86. The fourth-order valence-corrected chi connectivity index (χ4v) is 2.54. The van der Waals surface area contributed by atoms with Crippen molar-refractivity contribution in [3.05, 3.63) is 35.4 Å². The number of rotatable bonds is 0. The zero-order valence-electron chi connectivity index (χ0n) is 8.29. The van der Waals surface area contributed by atoms with Gasteiger partial charge in [-0.1, -0.05) is 24.3 Å². The lowest BCUT2D eigenvalue weighted by atomic mass is 9.89. The van der Waals surface area contributed by atoms with Crippen molar-refractivity contribution in [3.8, 4) is 0 Å². The maximum atomic E-state index is 3.55. The Labute approximate surface area is 84.7 Å². The van der Waals surface area contributed by atoms with Crippen LogP contribution in [0.15, 0.2) is 24.3 Å². The maximum absolute atomic E-state index is 3.55. The van der Waals surface area contributed by atoms with E-state index in [0.29, 0.717) is 6.17 Å². The van der Waals surface area contributed by atoms with Gasteiger partial charge in [-0.3, -0.25) is 0 Å². The average Bonchev–Trinajstić information content (AvgIpc) is 2.17. The van der Waals surface area contributed by atoms with Crippen LogP contribution in [-0.2, 0) is 12.8 Å². The number of fused-ring (bicyclic) bond motifs is 2. The molecule has 1 aromatic rings. The third-order valence-corrected chi connectivity index (χ3v) is 3.36. The fourth-order valence-electron chi connectivity index (χ4n) is 2.54. The van der Waals surface area contributed by atoms with E-state index in [-0.39, 0.29) is 0 Å². The molecular formula is C12H16N2. The highest BCUT2D eigenvalue weighted by Gasteiger charge is 2.24. The molecule has 0 radical (unpaired) electrons. The van der Waals surface area contributed by atoms with Gasteiger partial charge in [0.1, 0.15) is 0 Å². The molecular weight excluding hydrogens is 172 g/mol. The molecule has 3 aliphatic heterocycles. The second-order valence-electron chi connectivity index (χ2n) is 4.41. The van der Waals surface area contributed by atoms with E-state index >= 15 is 0 Å². The molecule has 3 aliphatic rings. The van der Waals surface area contributed by atoms with E-state index in [0.717, 1.165) is 12.3 Å². The fraction of sp³-hybridized carbons (Fsp3) is 0.500. The summed E-state index contributed by atoms with van der Waals surface area (Å²) >= 11 is 0. The highest BCUT2D eigenvalue weighted by Crippen LogP contribution is 2.20. The van der Waals surface area contributed by atoms with E-state index in [2.05, 4.69) is 34.9 Å². The largest absolute Gasteiger partial charge is 0.301 e. The topological polar surface area (TPSA) is 24.1 Å². The molecule has 0 spiro atoms. The average molecular weight is 188 g/mol. The van der Waals surface area contributed by atoms with E-state index in [1.807, 2.05) is 0 Å². The standard InChI is InChI=1S/C12H16N2/c1-2-4-11-6-12-13-7-9(8-14-12)5-10(11)3-1/h1-4,9,12-14H,5-8H2. The molecule has 0 unspecified atom stereocenters. The quantitative estimate of drug-likeness (QED) is 0.632. The number of hydrogen-bond donors (Lipinski definition) is 2. The number of hydrogen-bond acceptors (Lipinski definition) is 2. The Morgan fingerprint density at radius 3 is 2.29 bits per heavy atom. The highest BCUT2D eigenvalue weighted by molar-refractivity contribution is 5.29. The van der Waals surface area contributed by atoms with Crippen LogP contribution in [0.5, 0.6) is 0 Å². The van der Waals surface area contributed by atoms with Gasteiger partial charge < -0.3 is 10.6 Å². The van der Waals surface area contributed by atoms with Crippen LogP contribution in [0.2, 0.25) is 0 Å². The monoisotopic (exact) mass is 188 g/mol. The Bertz CT molecular complexity index is 294. The van der Waals surface area contributed by atoms with Gasteiger partial charge in [-0.05, 0) is 23.5 Å². The second kappa shape index (κ2) is 3.37. The minimum Gasteiger partial charge on any atom is -0.301 e. The zero-order chi connectivity index (χ0) is 9.38. The lowest BCUT2D eigenvalue weighted by Crippen LogP contribution is -2.55. The minimum absolute atomic E-state index is 0.493. The second-order valence-corrected chi connectivity index (χ2v) is 4.41. The normalized spacial score (nSPS) is 30.6. The van der Waals surface area contributed by atoms with Gasteiger partial charge in [0, 0.05) is 19.5 Å². The van der Waals surface area contributed by atoms with Crippen LogP contribution in [0.4, 0.5) is 0 Å². The van der Waals surface area contributed by atoms with Crippen LogP contribution in [0, 0.1) is 5.92 Å². The molecule has 74 valence electrons. The van der Waals surface area contributed by atoms with Gasteiger partial charge in [0.2, 0.25) is 0 Å². The smallest absolute Gasteiger partial charge is 0.0613 e. The predicted octanol–water partition coefficient (Wildman–Crippen LogP) is 0.920. The lowest BCUT2D eigenvalue weighted by molar-refractivity contribution is 0.281. The molecule has 0 amide bonds. The van der Waals surface area contributed by atoms with Crippen molar-refractivity contribution in [1.29, 1.82) is 0 Å². The summed E-state index contributed by atoms with van der Waals surface area (Å²) in [5, 5.41) is 7.10. The van der Waals surface area contributed by atoms with Crippen LogP contribution in [0.25, 0.3) is 0 Å². The Morgan fingerprint density at radius 1 is 0.929 bits per heavy atom. The molecule has 2 nitrogen and oxygen atoms in total. The van der Waals surface area contributed by atoms with E-state index in [1.165, 1.54) is 25.1 Å². The molecule has 2 N–H and O–H groups in total. The van der Waals surface area contributed by atoms with Crippen LogP contribution in [0.3, 0.4) is 0 Å². The summed E-state index contributed by atoms with van der Waals surface area (Å²) in [7, 11) is 0. The molecule has 0 saturated carbocycles. The first-order valence-electron chi connectivity index (χ1n) is 5.45. The van der Waals surface area contributed by atoms with Crippen LogP contribution in [-0.4, -0.2) is 19.3 Å². The maximum Gasteiger partial charge on any atom is 0.0613 e. The van der Waals surface area contributed by atoms with Gasteiger partial charge in [0.15, 0.2) is 0 Å². The molecule has 3 heterocycles. The minimum atomic E-state index is 0.493. The van der Waals surface area contributed by atoms with E-state index in [9.17, 15) is 0 Å². The van der Waals surface area contributed by atoms with Crippen molar-refractivity contribution < 1.29 is 0 Å². The third kappa shape index (κ3) is 1.45. The van der Waals surface area contributed by atoms with Crippen LogP contribution < -0.4 is 10.6 Å². The summed E-state index contributed by atoms with van der Waals surface area (Å²) in [5.74, 6) is 0.771. The summed E-state index contributed by atoms with van der Waals surface area (Å²) in [6.07, 6.45) is 2.85. The molecule has 1 saturated heterocycles.